The standard InChI is InChI=1S/C30H26ClN3O3/c1-19(2)37-29-12-10-20(7-8-21-9-11-22(16-32)27(31)14-21)13-26(29)30(36)34-24(18-35)15-23-17-33-28-6-4-3-5-25(23)28/h3-6,9-14,17,19,24,33,35H,15,18H2,1-2H3,(H,34,36)/t24-/m1/s1. The summed E-state index contributed by atoms with van der Waals surface area (Å²) in [6, 6.07) is 19.6. The number of para-hydroxylation sites is 1. The Morgan fingerprint density at radius 1 is 1.11 bits per heavy atom. The first-order chi connectivity index (χ1) is 17.9. The van der Waals surface area contributed by atoms with Gasteiger partial charge in [-0.25, -0.2) is 0 Å². The lowest BCUT2D eigenvalue weighted by Gasteiger charge is -2.19. The Kier molecular flexibility index (Phi) is 8.15. The Morgan fingerprint density at radius 3 is 2.54 bits per heavy atom. The molecule has 7 heteroatoms. The summed E-state index contributed by atoms with van der Waals surface area (Å²) in [5.74, 6) is 6.14. The molecule has 0 unspecified atom stereocenters. The molecule has 0 aliphatic heterocycles. The third-order valence-corrected chi connectivity index (χ3v) is 6.04. The molecule has 3 aromatic carbocycles. The zero-order valence-corrected chi connectivity index (χ0v) is 21.3. The van der Waals surface area contributed by atoms with Crippen molar-refractivity contribution in [1.29, 1.82) is 5.26 Å². The maximum atomic E-state index is 13.3. The number of ether oxygens (including phenoxy) is 1. The number of halogens is 1. The smallest absolute Gasteiger partial charge is 0.255 e. The van der Waals surface area contributed by atoms with Crippen LogP contribution in [0.4, 0.5) is 0 Å². The van der Waals surface area contributed by atoms with Crippen molar-refractivity contribution in [3.05, 3.63) is 99.7 Å². The Bertz CT molecular complexity index is 1540. The van der Waals surface area contributed by atoms with E-state index in [1.54, 1.807) is 36.4 Å². The molecule has 0 bridgehead atoms. The summed E-state index contributed by atoms with van der Waals surface area (Å²) in [5, 5.41) is 23.4. The van der Waals surface area contributed by atoms with Crippen LogP contribution >= 0.6 is 11.6 Å². The molecular weight excluding hydrogens is 486 g/mol. The number of hydrogen-bond acceptors (Lipinski definition) is 4. The van der Waals surface area contributed by atoms with E-state index in [4.69, 9.17) is 21.6 Å². The first kappa shape index (κ1) is 25.9. The molecule has 0 saturated heterocycles. The van der Waals surface area contributed by atoms with E-state index in [2.05, 4.69) is 22.1 Å². The zero-order chi connectivity index (χ0) is 26.4. The summed E-state index contributed by atoms with van der Waals surface area (Å²) in [6.45, 7) is 3.56. The molecule has 1 aromatic heterocycles. The number of carbonyl (C=O) groups is 1. The molecule has 37 heavy (non-hydrogen) atoms. The fourth-order valence-electron chi connectivity index (χ4n) is 3.96. The highest BCUT2D eigenvalue weighted by Crippen LogP contribution is 2.23. The molecule has 0 radical (unpaired) electrons. The predicted molar refractivity (Wildman–Crippen MR) is 145 cm³/mol. The Labute approximate surface area is 220 Å². The summed E-state index contributed by atoms with van der Waals surface area (Å²) < 4.78 is 5.88. The fourth-order valence-corrected chi connectivity index (χ4v) is 4.18. The average molecular weight is 512 g/mol. The molecule has 0 fully saturated rings. The topological polar surface area (TPSA) is 98.1 Å². The van der Waals surface area contributed by atoms with Crippen molar-refractivity contribution in [2.75, 3.05) is 6.61 Å². The van der Waals surface area contributed by atoms with Crippen molar-refractivity contribution in [2.45, 2.75) is 32.4 Å². The van der Waals surface area contributed by atoms with Crippen LogP contribution in [0, 0.1) is 23.2 Å². The first-order valence-corrected chi connectivity index (χ1v) is 12.2. The van der Waals surface area contributed by atoms with Gasteiger partial charge in [0.25, 0.3) is 5.91 Å². The van der Waals surface area contributed by atoms with Crippen molar-refractivity contribution < 1.29 is 14.6 Å². The lowest BCUT2D eigenvalue weighted by atomic mass is 10.0. The van der Waals surface area contributed by atoms with Crippen molar-refractivity contribution in [3.63, 3.8) is 0 Å². The van der Waals surface area contributed by atoms with E-state index < -0.39 is 6.04 Å². The minimum atomic E-state index is -0.492. The van der Waals surface area contributed by atoms with Crippen LogP contribution in [-0.4, -0.2) is 34.8 Å². The highest BCUT2D eigenvalue weighted by molar-refractivity contribution is 6.31. The molecule has 3 N–H and O–H groups in total. The van der Waals surface area contributed by atoms with E-state index in [-0.39, 0.29) is 18.6 Å². The molecule has 0 spiro atoms. The second kappa shape index (κ2) is 11.7. The molecule has 4 rings (SSSR count). The second-order valence-corrected chi connectivity index (χ2v) is 9.26. The summed E-state index contributed by atoms with van der Waals surface area (Å²) in [4.78, 5) is 16.6. The minimum Gasteiger partial charge on any atom is -0.490 e. The van der Waals surface area contributed by atoms with Crippen LogP contribution in [0.1, 0.15) is 46.5 Å². The van der Waals surface area contributed by atoms with Crippen molar-refractivity contribution >= 4 is 28.4 Å². The van der Waals surface area contributed by atoms with Crippen LogP contribution in [0.15, 0.2) is 66.9 Å². The number of carbonyl (C=O) groups excluding carboxylic acids is 1. The molecule has 0 aliphatic carbocycles. The number of aromatic amines is 1. The van der Waals surface area contributed by atoms with Gasteiger partial charge in [-0.05, 0) is 68.3 Å². The maximum absolute atomic E-state index is 13.3. The summed E-state index contributed by atoms with van der Waals surface area (Å²) in [5.41, 5.74) is 3.98. The monoisotopic (exact) mass is 511 g/mol. The van der Waals surface area contributed by atoms with Crippen LogP contribution < -0.4 is 10.1 Å². The fraction of sp³-hybridized carbons (Fsp3) is 0.200. The van der Waals surface area contributed by atoms with Gasteiger partial charge in [0.1, 0.15) is 11.8 Å². The number of aliphatic hydroxyl groups excluding tert-OH is 1. The highest BCUT2D eigenvalue weighted by atomic mass is 35.5. The van der Waals surface area contributed by atoms with Gasteiger partial charge >= 0.3 is 0 Å². The number of H-pyrrole nitrogens is 1. The van der Waals surface area contributed by atoms with Gasteiger partial charge in [-0.2, -0.15) is 5.26 Å². The van der Waals surface area contributed by atoms with Gasteiger partial charge in [0.15, 0.2) is 0 Å². The van der Waals surface area contributed by atoms with Crippen LogP contribution in [0.5, 0.6) is 5.75 Å². The number of aromatic nitrogens is 1. The van der Waals surface area contributed by atoms with Gasteiger partial charge in [-0.3, -0.25) is 4.79 Å². The number of nitrogens with zero attached hydrogens (tertiary/aromatic N) is 1. The number of amides is 1. The van der Waals surface area contributed by atoms with E-state index in [0.29, 0.717) is 39.4 Å². The van der Waals surface area contributed by atoms with E-state index >= 15 is 0 Å². The van der Waals surface area contributed by atoms with Gasteiger partial charge in [0.05, 0.1) is 34.9 Å². The molecule has 4 aromatic rings. The average Bonchev–Trinajstić information content (AvgIpc) is 3.30. The largest absolute Gasteiger partial charge is 0.490 e. The van der Waals surface area contributed by atoms with E-state index in [1.807, 2.05) is 50.4 Å². The molecule has 1 amide bonds. The normalized spacial score (nSPS) is 11.5. The Hall–Kier alpha value is -4.23. The Morgan fingerprint density at radius 2 is 1.84 bits per heavy atom. The number of fused-ring (bicyclic) bond motifs is 1. The second-order valence-electron chi connectivity index (χ2n) is 8.85. The molecule has 6 nitrogen and oxygen atoms in total. The van der Waals surface area contributed by atoms with Gasteiger partial charge < -0.3 is 20.1 Å². The van der Waals surface area contributed by atoms with Gasteiger partial charge in [0.2, 0.25) is 0 Å². The lowest BCUT2D eigenvalue weighted by Crippen LogP contribution is -2.39. The highest BCUT2D eigenvalue weighted by Gasteiger charge is 2.19. The first-order valence-electron chi connectivity index (χ1n) is 11.9. The van der Waals surface area contributed by atoms with Crippen LogP contribution in [0.2, 0.25) is 5.02 Å². The number of hydrogen-bond donors (Lipinski definition) is 3. The van der Waals surface area contributed by atoms with E-state index in [1.165, 1.54) is 0 Å². The summed E-state index contributed by atoms with van der Waals surface area (Å²) in [6.07, 6.45) is 2.23. The lowest BCUT2D eigenvalue weighted by molar-refractivity contribution is 0.0910. The summed E-state index contributed by atoms with van der Waals surface area (Å²) in [7, 11) is 0. The van der Waals surface area contributed by atoms with Crippen LogP contribution in [0.3, 0.4) is 0 Å². The van der Waals surface area contributed by atoms with Gasteiger partial charge in [-0.1, -0.05) is 41.6 Å². The SMILES string of the molecule is CC(C)Oc1ccc(C#Cc2ccc(C#N)c(Cl)c2)cc1C(=O)N[C@@H](CO)Cc1c[nH]c2ccccc12. The van der Waals surface area contributed by atoms with E-state index in [0.717, 1.165) is 16.5 Å². The van der Waals surface area contributed by atoms with Gasteiger partial charge in [-0.15, -0.1) is 0 Å². The molecule has 1 atom stereocenters. The number of nitrogens with one attached hydrogen (secondary N) is 2. The Balaban J connectivity index is 1.58. The zero-order valence-electron chi connectivity index (χ0n) is 20.5. The van der Waals surface area contributed by atoms with Crippen molar-refractivity contribution in [3.8, 4) is 23.7 Å². The van der Waals surface area contributed by atoms with Crippen LogP contribution in [0.25, 0.3) is 10.9 Å². The van der Waals surface area contributed by atoms with Gasteiger partial charge in [0, 0.05) is 28.2 Å². The molecule has 0 aliphatic rings. The summed E-state index contributed by atoms with van der Waals surface area (Å²) >= 11 is 6.11. The minimum absolute atomic E-state index is 0.135. The maximum Gasteiger partial charge on any atom is 0.255 e. The number of aliphatic hydroxyl groups is 1. The van der Waals surface area contributed by atoms with Crippen LogP contribution in [-0.2, 0) is 6.42 Å². The van der Waals surface area contributed by atoms with E-state index in [9.17, 15) is 9.90 Å². The van der Waals surface area contributed by atoms with Crippen molar-refractivity contribution in [1.82, 2.24) is 10.3 Å². The van der Waals surface area contributed by atoms with Crippen molar-refractivity contribution in [2.24, 2.45) is 0 Å². The number of rotatable bonds is 7. The third-order valence-electron chi connectivity index (χ3n) is 5.72. The number of benzene rings is 3. The molecular formula is C30H26ClN3O3. The molecule has 186 valence electrons. The predicted octanol–water partition coefficient (Wildman–Crippen LogP) is 5.21. The molecule has 1 heterocycles. The quantitative estimate of drug-likeness (QED) is 0.296. The third kappa shape index (κ3) is 6.32. The number of nitriles is 1. The molecule has 0 saturated carbocycles.